The Balaban J connectivity index is 1.92. The molecule has 0 spiro atoms. The number of benzene rings is 2. The van der Waals surface area contributed by atoms with Crippen LogP contribution in [0.1, 0.15) is 0 Å². The number of aliphatic hydroxyl groups excluding tert-OH is 1. The van der Waals surface area contributed by atoms with E-state index in [0.717, 1.165) is 27.5 Å². The molecule has 3 aromatic rings. The summed E-state index contributed by atoms with van der Waals surface area (Å²) in [4.78, 5) is 4.66. The molecule has 0 bridgehead atoms. The Morgan fingerprint density at radius 3 is 2.71 bits per heavy atom. The third-order valence-electron chi connectivity index (χ3n) is 3.17. The molecule has 1 aromatic heterocycles. The molecule has 0 fully saturated rings. The maximum Gasteiger partial charge on any atom is 0.170 e. The first kappa shape index (κ1) is 13.7. The van der Waals surface area contributed by atoms with Gasteiger partial charge in [-0.25, -0.2) is 4.98 Å². The van der Waals surface area contributed by atoms with E-state index in [2.05, 4.69) is 27.8 Å². The number of hydrogen-bond donors (Lipinski definition) is 3. The lowest BCUT2D eigenvalue weighted by Crippen LogP contribution is -2.30. The number of anilines is 1. The highest BCUT2D eigenvalue weighted by Gasteiger charge is 2.02. The molecule has 0 aliphatic carbocycles. The summed E-state index contributed by atoms with van der Waals surface area (Å²) in [6, 6.07) is 16.1. The second kappa shape index (κ2) is 6.03. The maximum atomic E-state index is 8.76. The maximum absolute atomic E-state index is 8.76. The number of para-hydroxylation sites is 1. The molecular weight excluding hydrogens is 282 g/mol. The zero-order valence-corrected chi connectivity index (χ0v) is 12.2. The van der Waals surface area contributed by atoms with Crippen molar-refractivity contribution in [3.05, 3.63) is 48.5 Å². The topological polar surface area (TPSA) is 57.2 Å². The van der Waals surface area contributed by atoms with Gasteiger partial charge in [-0.3, -0.25) is 0 Å². The summed E-state index contributed by atoms with van der Waals surface area (Å²) < 4.78 is 0. The van der Waals surface area contributed by atoms with E-state index in [0.29, 0.717) is 11.7 Å². The first-order valence-corrected chi connectivity index (χ1v) is 7.12. The smallest absolute Gasteiger partial charge is 0.170 e. The minimum absolute atomic E-state index is 0.0487. The van der Waals surface area contributed by atoms with E-state index in [1.165, 1.54) is 0 Å². The van der Waals surface area contributed by atoms with Crippen LogP contribution in [0.4, 0.5) is 5.69 Å². The number of aromatic nitrogens is 1. The van der Waals surface area contributed by atoms with Crippen LogP contribution in [0.15, 0.2) is 48.5 Å². The second-order valence-electron chi connectivity index (χ2n) is 4.69. The third kappa shape index (κ3) is 3.09. The number of pyridine rings is 1. The molecule has 2 aromatic carbocycles. The molecule has 0 atom stereocenters. The van der Waals surface area contributed by atoms with Gasteiger partial charge in [0.15, 0.2) is 5.11 Å². The van der Waals surface area contributed by atoms with Gasteiger partial charge in [-0.1, -0.05) is 24.3 Å². The van der Waals surface area contributed by atoms with Crippen molar-refractivity contribution in [2.45, 2.75) is 0 Å². The number of rotatable bonds is 3. The van der Waals surface area contributed by atoms with Gasteiger partial charge >= 0.3 is 0 Å². The minimum Gasteiger partial charge on any atom is -0.395 e. The molecule has 4 nitrogen and oxygen atoms in total. The lowest BCUT2D eigenvalue weighted by atomic mass is 10.1. The van der Waals surface area contributed by atoms with Gasteiger partial charge in [0.2, 0.25) is 0 Å². The van der Waals surface area contributed by atoms with Crippen molar-refractivity contribution in [2.75, 3.05) is 18.5 Å². The largest absolute Gasteiger partial charge is 0.395 e. The number of nitrogens with one attached hydrogen (secondary N) is 2. The predicted molar refractivity (Wildman–Crippen MR) is 90.6 cm³/mol. The van der Waals surface area contributed by atoms with Crippen LogP contribution in [-0.4, -0.2) is 28.4 Å². The first-order valence-electron chi connectivity index (χ1n) is 6.71. The predicted octanol–water partition coefficient (Wildman–Crippen LogP) is 2.67. The fourth-order valence-electron chi connectivity index (χ4n) is 2.19. The van der Waals surface area contributed by atoms with Crippen LogP contribution < -0.4 is 10.6 Å². The highest BCUT2D eigenvalue weighted by atomic mass is 32.1. The number of fused-ring (bicyclic) bond motifs is 2. The van der Waals surface area contributed by atoms with Gasteiger partial charge < -0.3 is 15.7 Å². The van der Waals surface area contributed by atoms with Gasteiger partial charge in [-0.05, 0) is 36.5 Å². The van der Waals surface area contributed by atoms with Crippen molar-refractivity contribution < 1.29 is 5.11 Å². The van der Waals surface area contributed by atoms with Crippen LogP contribution in [-0.2, 0) is 0 Å². The van der Waals surface area contributed by atoms with Crippen molar-refractivity contribution in [1.82, 2.24) is 10.3 Å². The Morgan fingerprint density at radius 2 is 1.86 bits per heavy atom. The minimum atomic E-state index is 0.0487. The molecule has 0 aliphatic heterocycles. The van der Waals surface area contributed by atoms with E-state index in [1.807, 2.05) is 36.4 Å². The van der Waals surface area contributed by atoms with Crippen LogP contribution >= 0.6 is 12.2 Å². The lowest BCUT2D eigenvalue weighted by Gasteiger charge is -2.10. The fraction of sp³-hybridized carbons (Fsp3) is 0.125. The van der Waals surface area contributed by atoms with Gasteiger partial charge in [-0.2, -0.15) is 0 Å². The van der Waals surface area contributed by atoms with Crippen LogP contribution in [0.2, 0.25) is 0 Å². The number of thiocarbonyl (C=S) groups is 1. The van der Waals surface area contributed by atoms with Gasteiger partial charge in [0, 0.05) is 23.0 Å². The zero-order valence-electron chi connectivity index (χ0n) is 11.3. The number of hydrogen-bond acceptors (Lipinski definition) is 3. The SMILES string of the molecule is OCCNC(=S)Nc1ccc2cc3ccccc3nc2c1. The Kier molecular flexibility index (Phi) is 3.94. The lowest BCUT2D eigenvalue weighted by molar-refractivity contribution is 0.301. The third-order valence-corrected chi connectivity index (χ3v) is 3.42. The van der Waals surface area contributed by atoms with Gasteiger partial charge in [0.1, 0.15) is 0 Å². The molecule has 0 unspecified atom stereocenters. The summed E-state index contributed by atoms with van der Waals surface area (Å²) in [5, 5.41) is 17.5. The number of nitrogens with zero attached hydrogens (tertiary/aromatic N) is 1. The van der Waals surface area contributed by atoms with Crippen molar-refractivity contribution >= 4 is 44.8 Å². The molecule has 1 heterocycles. The van der Waals surface area contributed by atoms with E-state index in [9.17, 15) is 0 Å². The summed E-state index contributed by atoms with van der Waals surface area (Å²) in [6.45, 7) is 0.482. The van der Waals surface area contributed by atoms with Gasteiger partial charge in [-0.15, -0.1) is 0 Å². The second-order valence-corrected chi connectivity index (χ2v) is 5.10. The Morgan fingerprint density at radius 1 is 1.05 bits per heavy atom. The van der Waals surface area contributed by atoms with E-state index >= 15 is 0 Å². The quantitative estimate of drug-likeness (QED) is 0.512. The van der Waals surface area contributed by atoms with Gasteiger partial charge in [0.25, 0.3) is 0 Å². The molecule has 0 amide bonds. The summed E-state index contributed by atoms with van der Waals surface area (Å²) >= 11 is 5.15. The van der Waals surface area contributed by atoms with E-state index < -0.39 is 0 Å². The molecular formula is C16H15N3OS. The van der Waals surface area contributed by atoms with Crippen LogP contribution in [0, 0.1) is 0 Å². The number of aliphatic hydroxyl groups is 1. The molecule has 3 N–H and O–H groups in total. The van der Waals surface area contributed by atoms with E-state index in [1.54, 1.807) is 0 Å². The molecule has 0 saturated heterocycles. The molecule has 5 heteroatoms. The standard InChI is InChI=1S/C16H15N3OS/c20-8-7-17-16(21)18-13-6-5-12-9-11-3-1-2-4-14(11)19-15(12)10-13/h1-6,9-10,20H,7-8H2,(H2,17,18,21). The molecule has 3 rings (SSSR count). The first-order chi connectivity index (χ1) is 10.3. The normalized spacial score (nSPS) is 10.7. The molecule has 0 saturated carbocycles. The zero-order chi connectivity index (χ0) is 14.7. The molecule has 0 aliphatic rings. The average molecular weight is 297 g/mol. The highest BCUT2D eigenvalue weighted by Crippen LogP contribution is 2.22. The summed E-state index contributed by atoms with van der Waals surface area (Å²) in [6.07, 6.45) is 0. The van der Waals surface area contributed by atoms with Crippen molar-refractivity contribution in [1.29, 1.82) is 0 Å². The van der Waals surface area contributed by atoms with Crippen molar-refractivity contribution in [3.63, 3.8) is 0 Å². The Hall–Kier alpha value is -2.24. The molecule has 21 heavy (non-hydrogen) atoms. The summed E-state index contributed by atoms with van der Waals surface area (Å²) in [5.41, 5.74) is 2.77. The fourth-order valence-corrected chi connectivity index (χ4v) is 2.41. The van der Waals surface area contributed by atoms with Crippen LogP contribution in [0.5, 0.6) is 0 Å². The highest BCUT2D eigenvalue weighted by molar-refractivity contribution is 7.80. The molecule has 0 radical (unpaired) electrons. The monoisotopic (exact) mass is 297 g/mol. The van der Waals surface area contributed by atoms with E-state index in [-0.39, 0.29) is 6.61 Å². The van der Waals surface area contributed by atoms with Crippen molar-refractivity contribution in [3.8, 4) is 0 Å². The van der Waals surface area contributed by atoms with Crippen LogP contribution in [0.3, 0.4) is 0 Å². The van der Waals surface area contributed by atoms with Crippen LogP contribution in [0.25, 0.3) is 21.8 Å². The summed E-state index contributed by atoms with van der Waals surface area (Å²) in [5.74, 6) is 0. The van der Waals surface area contributed by atoms with Crippen molar-refractivity contribution in [2.24, 2.45) is 0 Å². The molecule has 106 valence electrons. The average Bonchev–Trinajstić information content (AvgIpc) is 2.51. The Labute approximate surface area is 127 Å². The summed E-state index contributed by atoms with van der Waals surface area (Å²) in [7, 11) is 0. The Bertz CT molecular complexity index is 804. The van der Waals surface area contributed by atoms with Gasteiger partial charge in [0.05, 0.1) is 17.6 Å². The van der Waals surface area contributed by atoms with E-state index in [4.69, 9.17) is 17.3 Å².